The summed E-state index contributed by atoms with van der Waals surface area (Å²) in [5, 5.41) is 0.00135. The van der Waals surface area contributed by atoms with Gasteiger partial charge < -0.3 is 14.2 Å². The maximum Gasteiger partial charge on any atom is 0.303 e. The zero-order chi connectivity index (χ0) is 23.9. The van der Waals surface area contributed by atoms with Crippen molar-refractivity contribution in [2.24, 2.45) is 5.92 Å². The molecule has 0 aromatic heterocycles. The van der Waals surface area contributed by atoms with Crippen molar-refractivity contribution in [1.29, 1.82) is 0 Å². The first-order valence-corrected chi connectivity index (χ1v) is 12.7. The highest BCUT2D eigenvalue weighted by atomic mass is 35.5. The van der Waals surface area contributed by atoms with E-state index < -0.39 is 21.9 Å². The fourth-order valence-electron chi connectivity index (χ4n) is 2.56. The van der Waals surface area contributed by atoms with Crippen molar-refractivity contribution in [3.05, 3.63) is 46.4 Å². The highest BCUT2D eigenvalue weighted by Crippen LogP contribution is 2.37. The second kappa shape index (κ2) is 12.0. The Hall–Kier alpha value is -1.67. The van der Waals surface area contributed by atoms with Crippen LogP contribution in [0.25, 0.3) is 0 Å². The number of carbonyl (C=O) groups excluding carboxylic acids is 1. The number of halogens is 3. The van der Waals surface area contributed by atoms with Crippen molar-refractivity contribution in [2.45, 2.75) is 43.1 Å². The molecule has 0 unspecified atom stereocenters. The molecule has 0 saturated carbocycles. The average molecular weight is 524 g/mol. The lowest BCUT2D eigenvalue weighted by Crippen LogP contribution is -2.25. The molecule has 0 fully saturated rings. The average Bonchev–Trinajstić information content (AvgIpc) is 2.75. The Morgan fingerprint density at radius 1 is 1.00 bits per heavy atom. The van der Waals surface area contributed by atoms with Gasteiger partial charge in [0.2, 0.25) is 9.84 Å². The molecule has 176 valence electrons. The van der Waals surface area contributed by atoms with E-state index in [0.29, 0.717) is 18.3 Å². The van der Waals surface area contributed by atoms with Gasteiger partial charge in [0.25, 0.3) is 0 Å². The summed E-state index contributed by atoms with van der Waals surface area (Å²) in [5.41, 5.74) is 0. The molecule has 32 heavy (non-hydrogen) atoms. The fraction of sp³-hybridized carbons (Fsp3) is 0.409. The number of alkyl halides is 1. The molecule has 0 aliphatic heterocycles. The van der Waals surface area contributed by atoms with Gasteiger partial charge in [-0.1, -0.05) is 43.5 Å². The number of hydrogen-bond donors (Lipinski definition) is 0. The van der Waals surface area contributed by atoms with Gasteiger partial charge in [0, 0.05) is 6.92 Å². The van der Waals surface area contributed by atoms with Gasteiger partial charge in [0.1, 0.15) is 18.5 Å². The highest BCUT2D eigenvalue weighted by Gasteiger charge is 2.22. The number of esters is 1. The Labute approximate surface area is 203 Å². The number of benzene rings is 2. The molecule has 0 spiro atoms. The van der Waals surface area contributed by atoms with Crippen LogP contribution in [-0.4, -0.2) is 39.6 Å². The van der Waals surface area contributed by atoms with Gasteiger partial charge in [0.15, 0.2) is 5.75 Å². The molecular formula is C22H25Cl3O6S. The lowest BCUT2D eigenvalue weighted by Gasteiger charge is -2.17. The van der Waals surface area contributed by atoms with Gasteiger partial charge in [-0.25, -0.2) is 8.42 Å². The molecule has 0 amide bonds. The minimum absolute atomic E-state index is 0.000675. The number of rotatable bonds is 11. The monoisotopic (exact) mass is 522 g/mol. The second-order valence-electron chi connectivity index (χ2n) is 7.21. The first kappa shape index (κ1) is 26.6. The fourth-order valence-corrected chi connectivity index (χ4v) is 4.75. The van der Waals surface area contributed by atoms with Crippen molar-refractivity contribution in [3.8, 4) is 11.5 Å². The maximum absolute atomic E-state index is 13.0. The summed E-state index contributed by atoms with van der Waals surface area (Å²) >= 11 is 18.2. The van der Waals surface area contributed by atoms with E-state index in [1.807, 2.05) is 0 Å². The molecule has 2 aromatic rings. The van der Waals surface area contributed by atoms with E-state index in [2.05, 4.69) is 13.8 Å². The van der Waals surface area contributed by atoms with Gasteiger partial charge in [-0.05, 0) is 42.3 Å². The molecule has 2 atom stereocenters. The van der Waals surface area contributed by atoms with Crippen molar-refractivity contribution >= 4 is 50.6 Å². The summed E-state index contributed by atoms with van der Waals surface area (Å²) < 4.78 is 42.3. The molecule has 6 nitrogen and oxygen atoms in total. The van der Waals surface area contributed by atoms with E-state index in [4.69, 9.17) is 49.0 Å². The van der Waals surface area contributed by atoms with E-state index in [1.54, 1.807) is 12.1 Å². The Bertz CT molecular complexity index is 1000. The number of hydrogen-bond acceptors (Lipinski definition) is 6. The largest absolute Gasteiger partial charge is 0.493 e. The number of ether oxygens (including phenoxy) is 3. The van der Waals surface area contributed by atoms with Crippen LogP contribution >= 0.6 is 34.8 Å². The summed E-state index contributed by atoms with van der Waals surface area (Å²) in [6.45, 7) is 5.87. The van der Waals surface area contributed by atoms with Crippen molar-refractivity contribution < 1.29 is 27.4 Å². The molecular weight excluding hydrogens is 499 g/mol. The minimum atomic E-state index is -3.88. The molecule has 2 aromatic carbocycles. The van der Waals surface area contributed by atoms with Crippen LogP contribution in [0.2, 0.25) is 10.0 Å². The van der Waals surface area contributed by atoms with Crippen molar-refractivity contribution in [2.75, 3.05) is 19.1 Å². The summed E-state index contributed by atoms with van der Waals surface area (Å²) in [4.78, 5) is 11.1. The van der Waals surface area contributed by atoms with E-state index in [9.17, 15) is 13.2 Å². The third-order valence-electron chi connectivity index (χ3n) is 4.57. The summed E-state index contributed by atoms with van der Waals surface area (Å²) in [6, 6.07) is 8.67. The Balaban J connectivity index is 2.19. The van der Waals surface area contributed by atoms with Crippen LogP contribution < -0.4 is 9.47 Å². The van der Waals surface area contributed by atoms with Crippen LogP contribution in [0.4, 0.5) is 0 Å². The summed E-state index contributed by atoms with van der Waals surface area (Å²) in [5.74, 6) is 0.568. The molecule has 0 aliphatic rings. The minimum Gasteiger partial charge on any atom is -0.493 e. The quantitative estimate of drug-likeness (QED) is 0.273. The first-order valence-electron chi connectivity index (χ1n) is 9.91. The van der Waals surface area contributed by atoms with E-state index in [-0.39, 0.29) is 38.1 Å². The smallest absolute Gasteiger partial charge is 0.303 e. The highest BCUT2D eigenvalue weighted by molar-refractivity contribution is 7.91. The Morgan fingerprint density at radius 3 is 2.09 bits per heavy atom. The zero-order valence-corrected chi connectivity index (χ0v) is 21.0. The second-order valence-corrected chi connectivity index (χ2v) is 10.3. The third-order valence-corrected chi connectivity index (χ3v) is 7.22. The van der Waals surface area contributed by atoms with E-state index in [1.165, 1.54) is 31.2 Å². The molecule has 0 bridgehead atoms. The lowest BCUT2D eigenvalue weighted by atomic mass is 10.1. The van der Waals surface area contributed by atoms with Crippen LogP contribution in [-0.2, 0) is 19.4 Å². The predicted molar refractivity (Wildman–Crippen MR) is 125 cm³/mol. The van der Waals surface area contributed by atoms with Gasteiger partial charge >= 0.3 is 5.97 Å². The van der Waals surface area contributed by atoms with Crippen LogP contribution in [0, 0.1) is 5.92 Å². The summed E-state index contributed by atoms with van der Waals surface area (Å²) in [6.07, 6.45) is 0.287. The van der Waals surface area contributed by atoms with Crippen LogP contribution in [0.5, 0.6) is 11.5 Å². The number of carbonyl (C=O) groups is 1. The van der Waals surface area contributed by atoms with Gasteiger partial charge in [-0.3, -0.25) is 4.79 Å². The molecule has 0 radical (unpaired) electrons. The van der Waals surface area contributed by atoms with Gasteiger partial charge in [0.05, 0.1) is 32.3 Å². The lowest BCUT2D eigenvalue weighted by molar-refractivity contribution is -0.146. The molecule has 2 rings (SSSR count). The van der Waals surface area contributed by atoms with Gasteiger partial charge in [-0.15, -0.1) is 11.6 Å². The van der Waals surface area contributed by atoms with Crippen LogP contribution in [0.1, 0.15) is 27.2 Å². The normalized spacial score (nSPS) is 13.3. The van der Waals surface area contributed by atoms with E-state index in [0.717, 1.165) is 6.42 Å². The topological polar surface area (TPSA) is 78.9 Å². The SMILES string of the molecule is CC[C@H](C)COc1ccc(S(=O)(=O)c2cc(Cl)c(OC[C@@H](CCl)OC(C)=O)c(Cl)c2)cc1. The molecule has 0 aliphatic carbocycles. The standard InChI is InChI=1S/C22H25Cl3O6S/c1-4-14(2)12-29-16-5-7-18(8-6-16)32(27,28)19-9-20(24)22(21(25)10-19)30-13-17(11-23)31-15(3)26/h5-10,14,17H,4,11-13H2,1-3H3/t14-,17+/m0/s1. The zero-order valence-electron chi connectivity index (χ0n) is 17.9. The molecule has 0 heterocycles. The van der Waals surface area contributed by atoms with Crippen LogP contribution in [0.15, 0.2) is 46.2 Å². The summed E-state index contributed by atoms with van der Waals surface area (Å²) in [7, 11) is -3.88. The van der Waals surface area contributed by atoms with Gasteiger partial charge in [-0.2, -0.15) is 0 Å². The Morgan fingerprint density at radius 2 is 1.59 bits per heavy atom. The predicted octanol–water partition coefficient (Wildman–Crippen LogP) is 5.80. The molecule has 0 N–H and O–H groups in total. The Kier molecular flexibility index (Phi) is 9.95. The van der Waals surface area contributed by atoms with Crippen molar-refractivity contribution in [1.82, 2.24) is 0 Å². The first-order chi connectivity index (χ1) is 15.1. The maximum atomic E-state index is 13.0. The molecule has 10 heteroatoms. The van der Waals surface area contributed by atoms with E-state index >= 15 is 0 Å². The number of sulfone groups is 1. The molecule has 0 saturated heterocycles. The van der Waals surface area contributed by atoms with Crippen LogP contribution in [0.3, 0.4) is 0 Å². The third kappa shape index (κ3) is 7.17. The van der Waals surface area contributed by atoms with Crippen molar-refractivity contribution in [3.63, 3.8) is 0 Å².